The first kappa shape index (κ1) is 14.6. The molecule has 0 aromatic heterocycles. The smallest absolute Gasteiger partial charge is 0.115 e. The summed E-state index contributed by atoms with van der Waals surface area (Å²) >= 11 is 0. The molecule has 22 heavy (non-hydrogen) atoms. The van der Waals surface area contributed by atoms with Crippen LogP contribution in [0, 0.1) is 22.7 Å². The monoisotopic (exact) mass is 300 g/mol. The van der Waals surface area contributed by atoms with E-state index in [0.29, 0.717) is 23.5 Å². The minimum Gasteiger partial charge on any atom is -0.508 e. The van der Waals surface area contributed by atoms with Gasteiger partial charge in [0.15, 0.2) is 0 Å². The summed E-state index contributed by atoms with van der Waals surface area (Å²) in [4.78, 5) is 0. The van der Waals surface area contributed by atoms with E-state index in [9.17, 15) is 10.2 Å². The number of aromatic hydroxyl groups is 1. The molecule has 3 aliphatic carbocycles. The molecule has 1 aromatic carbocycles. The van der Waals surface area contributed by atoms with E-state index >= 15 is 0 Å². The van der Waals surface area contributed by atoms with Crippen molar-refractivity contribution < 1.29 is 10.2 Å². The predicted molar refractivity (Wildman–Crippen MR) is 87.9 cm³/mol. The standard InChI is InChI=1S/C20H28O2/c1-19(2)11-17(22)20(3)9-8-15-14-7-5-13(21)10-12(14)4-6-16(15)18(19)20/h5,7,10,15-18,21-22H,4,6,8-9,11H2,1-3H3/t15-,16-,17-,18-,20-/m1/s1. The highest BCUT2D eigenvalue weighted by Crippen LogP contribution is 2.66. The van der Waals surface area contributed by atoms with Gasteiger partial charge in [-0.2, -0.15) is 0 Å². The molecular weight excluding hydrogens is 272 g/mol. The van der Waals surface area contributed by atoms with E-state index < -0.39 is 0 Å². The summed E-state index contributed by atoms with van der Waals surface area (Å²) in [6.45, 7) is 7.06. The zero-order valence-corrected chi connectivity index (χ0v) is 14.0. The zero-order valence-electron chi connectivity index (χ0n) is 14.0. The maximum absolute atomic E-state index is 10.7. The summed E-state index contributed by atoms with van der Waals surface area (Å²) in [6.07, 6.45) is 5.39. The molecule has 3 aliphatic rings. The van der Waals surface area contributed by atoms with Crippen molar-refractivity contribution in [2.24, 2.45) is 22.7 Å². The maximum atomic E-state index is 10.7. The summed E-state index contributed by atoms with van der Waals surface area (Å²) in [5.74, 6) is 2.31. The topological polar surface area (TPSA) is 40.5 Å². The van der Waals surface area contributed by atoms with Crippen molar-refractivity contribution in [2.45, 2.75) is 64.9 Å². The van der Waals surface area contributed by atoms with Gasteiger partial charge in [0, 0.05) is 0 Å². The Hall–Kier alpha value is -1.02. The van der Waals surface area contributed by atoms with Crippen molar-refractivity contribution in [1.29, 1.82) is 0 Å². The Morgan fingerprint density at radius 1 is 1.14 bits per heavy atom. The second kappa shape index (κ2) is 4.50. The number of aryl methyl sites for hydroxylation is 1. The molecule has 0 aliphatic heterocycles. The fourth-order valence-corrected chi connectivity index (χ4v) is 6.51. The van der Waals surface area contributed by atoms with Gasteiger partial charge in [-0.25, -0.2) is 0 Å². The van der Waals surface area contributed by atoms with Crippen LogP contribution in [-0.2, 0) is 6.42 Å². The Morgan fingerprint density at radius 2 is 1.91 bits per heavy atom. The van der Waals surface area contributed by atoms with Gasteiger partial charge < -0.3 is 10.2 Å². The lowest BCUT2D eigenvalue weighted by Crippen LogP contribution is -2.46. The second-order valence-electron chi connectivity index (χ2n) is 8.92. The van der Waals surface area contributed by atoms with Crippen LogP contribution >= 0.6 is 0 Å². The minimum atomic E-state index is -0.144. The van der Waals surface area contributed by atoms with Crippen LogP contribution in [0.3, 0.4) is 0 Å². The van der Waals surface area contributed by atoms with Gasteiger partial charge >= 0.3 is 0 Å². The fraction of sp³-hybridized carbons (Fsp3) is 0.700. The molecule has 2 saturated carbocycles. The summed E-state index contributed by atoms with van der Waals surface area (Å²) in [5, 5.41) is 20.5. The Balaban J connectivity index is 1.76. The lowest BCUT2D eigenvalue weighted by molar-refractivity contribution is -0.0404. The third kappa shape index (κ3) is 1.83. The van der Waals surface area contributed by atoms with Crippen LogP contribution in [0.2, 0.25) is 0 Å². The molecule has 2 fully saturated rings. The van der Waals surface area contributed by atoms with Gasteiger partial charge in [-0.05, 0) is 83.9 Å². The minimum absolute atomic E-state index is 0.0963. The van der Waals surface area contributed by atoms with Gasteiger partial charge in [-0.15, -0.1) is 0 Å². The van der Waals surface area contributed by atoms with Crippen molar-refractivity contribution in [1.82, 2.24) is 0 Å². The highest BCUT2D eigenvalue weighted by molar-refractivity contribution is 5.40. The number of phenolic OH excluding ortho intramolecular Hbond substituents is 1. The van der Waals surface area contributed by atoms with E-state index in [4.69, 9.17) is 0 Å². The molecule has 0 heterocycles. The summed E-state index contributed by atoms with van der Waals surface area (Å²) in [7, 11) is 0. The Kier molecular flexibility index (Phi) is 2.98. The Bertz CT molecular complexity index is 606. The van der Waals surface area contributed by atoms with E-state index in [-0.39, 0.29) is 16.9 Å². The van der Waals surface area contributed by atoms with Crippen molar-refractivity contribution in [3.05, 3.63) is 29.3 Å². The van der Waals surface area contributed by atoms with E-state index in [1.165, 1.54) is 24.0 Å². The molecule has 2 heteroatoms. The third-order valence-electron chi connectivity index (χ3n) is 7.25. The first-order valence-corrected chi connectivity index (χ1v) is 8.83. The maximum Gasteiger partial charge on any atom is 0.115 e. The van der Waals surface area contributed by atoms with Crippen molar-refractivity contribution >= 4 is 0 Å². The van der Waals surface area contributed by atoms with Crippen LogP contribution in [0.1, 0.15) is 63.5 Å². The molecule has 120 valence electrons. The number of rotatable bonds is 0. The van der Waals surface area contributed by atoms with Gasteiger partial charge in [-0.3, -0.25) is 0 Å². The predicted octanol–water partition coefficient (Wildman–Crippen LogP) is 4.25. The average Bonchev–Trinajstić information content (AvgIpc) is 2.63. The molecule has 0 unspecified atom stereocenters. The summed E-state index contributed by atoms with van der Waals surface area (Å²) in [6, 6.07) is 5.97. The van der Waals surface area contributed by atoms with Crippen LogP contribution in [0.4, 0.5) is 0 Å². The highest BCUT2D eigenvalue weighted by Gasteiger charge is 2.61. The Morgan fingerprint density at radius 3 is 2.68 bits per heavy atom. The number of aliphatic hydroxyl groups excluding tert-OH is 1. The lowest BCUT2D eigenvalue weighted by atomic mass is 9.52. The van der Waals surface area contributed by atoms with E-state index in [0.717, 1.165) is 19.3 Å². The molecule has 0 amide bonds. The number of fused-ring (bicyclic) bond motifs is 5. The second-order valence-corrected chi connectivity index (χ2v) is 8.92. The van der Waals surface area contributed by atoms with Gasteiger partial charge in [0.2, 0.25) is 0 Å². The van der Waals surface area contributed by atoms with Crippen molar-refractivity contribution in [3.63, 3.8) is 0 Å². The number of benzene rings is 1. The molecule has 2 N–H and O–H groups in total. The van der Waals surface area contributed by atoms with E-state index in [2.05, 4.69) is 26.8 Å². The number of hydrogen-bond acceptors (Lipinski definition) is 2. The molecular formula is C20H28O2. The molecule has 5 atom stereocenters. The van der Waals surface area contributed by atoms with Gasteiger partial charge in [0.1, 0.15) is 5.75 Å². The Labute approximate surface area is 133 Å². The molecule has 0 bridgehead atoms. The first-order valence-electron chi connectivity index (χ1n) is 8.83. The third-order valence-corrected chi connectivity index (χ3v) is 7.25. The van der Waals surface area contributed by atoms with Gasteiger partial charge in [-0.1, -0.05) is 26.8 Å². The average molecular weight is 300 g/mol. The number of hydrogen-bond donors (Lipinski definition) is 2. The molecule has 2 nitrogen and oxygen atoms in total. The SMILES string of the molecule is CC1(C)C[C@@H](O)[C@@]2(C)CC[C@@H]3c4ccc(O)cc4CC[C@H]3[C@H]12. The molecule has 0 spiro atoms. The summed E-state index contributed by atoms with van der Waals surface area (Å²) in [5.41, 5.74) is 3.14. The largest absolute Gasteiger partial charge is 0.508 e. The fourth-order valence-electron chi connectivity index (χ4n) is 6.51. The van der Waals surface area contributed by atoms with Gasteiger partial charge in [0.25, 0.3) is 0 Å². The quantitative estimate of drug-likeness (QED) is 0.752. The van der Waals surface area contributed by atoms with Crippen LogP contribution in [0.25, 0.3) is 0 Å². The molecule has 4 rings (SSSR count). The zero-order chi connectivity index (χ0) is 15.7. The van der Waals surface area contributed by atoms with Crippen molar-refractivity contribution in [2.75, 3.05) is 0 Å². The molecule has 0 saturated heterocycles. The van der Waals surface area contributed by atoms with Crippen LogP contribution in [-0.4, -0.2) is 16.3 Å². The van der Waals surface area contributed by atoms with E-state index in [1.807, 2.05) is 12.1 Å². The van der Waals surface area contributed by atoms with Crippen LogP contribution in [0.15, 0.2) is 18.2 Å². The van der Waals surface area contributed by atoms with Crippen LogP contribution in [0.5, 0.6) is 5.75 Å². The van der Waals surface area contributed by atoms with Crippen molar-refractivity contribution in [3.8, 4) is 5.75 Å². The van der Waals surface area contributed by atoms with Gasteiger partial charge in [0.05, 0.1) is 6.10 Å². The normalized spacial score (nSPS) is 42.4. The lowest BCUT2D eigenvalue weighted by Gasteiger charge is -2.53. The number of phenols is 1. The molecule has 1 aromatic rings. The molecule has 0 radical (unpaired) electrons. The number of aliphatic hydroxyl groups is 1. The van der Waals surface area contributed by atoms with E-state index in [1.54, 1.807) is 0 Å². The first-order chi connectivity index (χ1) is 10.3. The van der Waals surface area contributed by atoms with Crippen LogP contribution < -0.4 is 0 Å². The summed E-state index contributed by atoms with van der Waals surface area (Å²) < 4.78 is 0. The highest BCUT2D eigenvalue weighted by atomic mass is 16.3.